The van der Waals surface area contributed by atoms with Crippen molar-refractivity contribution < 1.29 is 19.1 Å². The highest BCUT2D eigenvalue weighted by Gasteiger charge is 2.38. The number of anilines is 4. The van der Waals surface area contributed by atoms with Crippen LogP contribution in [0.2, 0.25) is 0 Å². The number of hydrogen-bond donors (Lipinski definition) is 2. The predicted octanol–water partition coefficient (Wildman–Crippen LogP) is 2.90. The van der Waals surface area contributed by atoms with E-state index in [-0.39, 0.29) is 30.0 Å². The fraction of sp³-hybridized carbons (Fsp3) is 0.636. The van der Waals surface area contributed by atoms with E-state index in [9.17, 15) is 9.59 Å². The van der Waals surface area contributed by atoms with Crippen LogP contribution in [0.5, 0.6) is 5.75 Å². The minimum absolute atomic E-state index is 0.0434. The topological polar surface area (TPSA) is 115 Å². The van der Waals surface area contributed by atoms with Crippen LogP contribution in [0.1, 0.15) is 56.0 Å². The van der Waals surface area contributed by atoms with Gasteiger partial charge in [0.05, 0.1) is 24.6 Å². The molecule has 45 heavy (non-hydrogen) atoms. The van der Waals surface area contributed by atoms with E-state index in [2.05, 4.69) is 44.2 Å². The quantitative estimate of drug-likeness (QED) is 0.367. The Morgan fingerprint density at radius 3 is 2.60 bits per heavy atom. The molecule has 2 aromatic rings. The molecule has 1 aliphatic carbocycles. The Labute approximate surface area is 266 Å². The molecule has 2 atom stereocenters. The molecule has 0 radical (unpaired) electrons. The Morgan fingerprint density at radius 1 is 1.16 bits per heavy atom. The zero-order chi connectivity index (χ0) is 31.7. The second-order valence-electron chi connectivity index (χ2n) is 13.0. The van der Waals surface area contributed by atoms with Crippen LogP contribution in [0.4, 0.5) is 23.1 Å². The first-order chi connectivity index (χ1) is 21.8. The van der Waals surface area contributed by atoms with E-state index in [4.69, 9.17) is 14.5 Å². The first-order valence-corrected chi connectivity index (χ1v) is 16.5. The number of rotatable bonds is 12. The van der Waals surface area contributed by atoms with Gasteiger partial charge in [-0.3, -0.25) is 14.5 Å². The van der Waals surface area contributed by atoms with Gasteiger partial charge in [0.1, 0.15) is 17.5 Å². The summed E-state index contributed by atoms with van der Waals surface area (Å²) in [5, 5.41) is 6.43. The lowest BCUT2D eigenvalue weighted by Gasteiger charge is -2.42. The molecule has 12 nitrogen and oxygen atoms in total. The third-order valence-electron chi connectivity index (χ3n) is 9.56. The van der Waals surface area contributed by atoms with Crippen molar-refractivity contribution in [1.82, 2.24) is 25.1 Å². The van der Waals surface area contributed by atoms with Gasteiger partial charge in [-0.2, -0.15) is 4.98 Å². The fourth-order valence-corrected chi connectivity index (χ4v) is 6.80. The summed E-state index contributed by atoms with van der Waals surface area (Å²) >= 11 is 0. The number of amides is 2. The van der Waals surface area contributed by atoms with E-state index in [1.807, 2.05) is 19.1 Å². The Balaban J connectivity index is 1.11. The van der Waals surface area contributed by atoms with Gasteiger partial charge in [0.2, 0.25) is 11.9 Å². The number of aromatic nitrogens is 2. The lowest BCUT2D eigenvalue weighted by molar-refractivity contribution is -0.120. The summed E-state index contributed by atoms with van der Waals surface area (Å²) < 4.78 is 11.8. The number of ether oxygens (including phenoxy) is 2. The van der Waals surface area contributed by atoms with Gasteiger partial charge in [-0.1, -0.05) is 6.92 Å². The molecule has 2 amide bonds. The maximum absolute atomic E-state index is 13.4. The number of nitrogens with zero attached hydrogens (tertiary/aromatic N) is 6. The van der Waals surface area contributed by atoms with Crippen molar-refractivity contribution in [2.45, 2.75) is 64.6 Å². The number of carbonyl (C=O) groups excluding carboxylic acids is 2. The molecule has 3 aliphatic heterocycles. The van der Waals surface area contributed by atoms with Crippen LogP contribution in [0, 0.1) is 5.92 Å². The highest BCUT2D eigenvalue weighted by molar-refractivity contribution is 6.04. The van der Waals surface area contributed by atoms with Gasteiger partial charge in [-0.05, 0) is 51.2 Å². The van der Waals surface area contributed by atoms with Crippen LogP contribution in [-0.4, -0.2) is 116 Å². The smallest absolute Gasteiger partial charge is 0.251 e. The number of likely N-dealkylation sites (N-methyl/N-ethyl adjacent to an activating group) is 1. The standard InChI is InChI=1S/C33H48N8O4/c1-6-27-32(43)38(4)28-18-35-33(37-30(28)41(27)21(2)3)36-26-10-9-25(24-11-16-45-29(24)26)31(42)34-17-23(44-5)20-40-14-12-39(13-15-40)19-22-7-8-22/h9-10,18,21-23,27H,6-8,11-17,19-20H2,1-5H3,(H,34,42)(H,35,36,37). The lowest BCUT2D eigenvalue weighted by Crippen LogP contribution is -2.54. The molecule has 0 bridgehead atoms. The summed E-state index contributed by atoms with van der Waals surface area (Å²) in [6.45, 7) is 13.4. The van der Waals surface area contributed by atoms with Crippen molar-refractivity contribution >= 4 is 35.0 Å². The van der Waals surface area contributed by atoms with Gasteiger partial charge < -0.3 is 34.8 Å². The third-order valence-corrected chi connectivity index (χ3v) is 9.56. The van der Waals surface area contributed by atoms with Crippen LogP contribution < -0.4 is 25.2 Å². The van der Waals surface area contributed by atoms with Crippen LogP contribution in [-0.2, 0) is 16.0 Å². The highest BCUT2D eigenvalue weighted by Crippen LogP contribution is 2.40. The molecular formula is C33H48N8O4. The molecule has 1 aromatic heterocycles. The Hall–Kier alpha value is -3.48. The van der Waals surface area contributed by atoms with Gasteiger partial charge in [0.15, 0.2) is 5.82 Å². The summed E-state index contributed by atoms with van der Waals surface area (Å²) in [6.07, 6.45) is 5.71. The summed E-state index contributed by atoms with van der Waals surface area (Å²) in [5.41, 5.74) is 2.87. The molecule has 12 heteroatoms. The molecular weight excluding hydrogens is 572 g/mol. The fourth-order valence-electron chi connectivity index (χ4n) is 6.80. The number of methoxy groups -OCH3 is 1. The molecule has 4 heterocycles. The second kappa shape index (κ2) is 13.5. The molecule has 2 N–H and O–H groups in total. The summed E-state index contributed by atoms with van der Waals surface area (Å²) in [5.74, 6) is 2.61. The molecule has 244 valence electrons. The predicted molar refractivity (Wildman–Crippen MR) is 175 cm³/mol. The van der Waals surface area contributed by atoms with Crippen molar-refractivity contribution in [3.63, 3.8) is 0 Å². The number of hydrogen-bond acceptors (Lipinski definition) is 10. The molecule has 1 saturated heterocycles. The minimum atomic E-state index is -0.282. The van der Waals surface area contributed by atoms with Crippen molar-refractivity contribution in [3.8, 4) is 5.75 Å². The number of carbonyl (C=O) groups is 2. The largest absolute Gasteiger partial charge is 0.491 e. The molecule has 1 aromatic carbocycles. The van der Waals surface area contributed by atoms with Crippen LogP contribution in [0.15, 0.2) is 18.3 Å². The van der Waals surface area contributed by atoms with Crippen molar-refractivity contribution in [1.29, 1.82) is 0 Å². The maximum Gasteiger partial charge on any atom is 0.251 e. The lowest BCUT2D eigenvalue weighted by atomic mass is 10.0. The Kier molecular flexibility index (Phi) is 9.44. The molecule has 0 spiro atoms. The van der Waals surface area contributed by atoms with Gasteiger partial charge >= 0.3 is 0 Å². The van der Waals surface area contributed by atoms with E-state index in [0.717, 1.165) is 50.0 Å². The number of nitrogens with one attached hydrogen (secondary N) is 2. The summed E-state index contributed by atoms with van der Waals surface area (Å²) in [7, 11) is 3.49. The number of piperazine rings is 1. The zero-order valence-electron chi connectivity index (χ0n) is 27.3. The molecule has 2 fully saturated rings. The zero-order valence-corrected chi connectivity index (χ0v) is 27.3. The van der Waals surface area contributed by atoms with Gasteiger partial charge in [-0.15, -0.1) is 0 Å². The minimum Gasteiger partial charge on any atom is -0.491 e. The first-order valence-electron chi connectivity index (χ1n) is 16.5. The average molecular weight is 621 g/mol. The van der Waals surface area contributed by atoms with E-state index in [0.29, 0.717) is 54.6 Å². The molecule has 1 saturated carbocycles. The van der Waals surface area contributed by atoms with E-state index in [1.165, 1.54) is 19.4 Å². The Bertz CT molecular complexity index is 1390. The van der Waals surface area contributed by atoms with Gasteiger partial charge in [-0.25, -0.2) is 4.98 Å². The normalized spacial score (nSPS) is 21.0. The van der Waals surface area contributed by atoms with E-state index >= 15 is 0 Å². The molecule has 4 aliphatic rings. The number of benzene rings is 1. The van der Waals surface area contributed by atoms with Gasteiger partial charge in [0, 0.05) is 83.6 Å². The van der Waals surface area contributed by atoms with Crippen LogP contribution >= 0.6 is 0 Å². The highest BCUT2D eigenvalue weighted by atomic mass is 16.5. The van der Waals surface area contributed by atoms with Crippen LogP contribution in [0.3, 0.4) is 0 Å². The number of fused-ring (bicyclic) bond motifs is 2. The average Bonchev–Trinajstić information content (AvgIpc) is 3.72. The van der Waals surface area contributed by atoms with Gasteiger partial charge in [0.25, 0.3) is 5.91 Å². The third kappa shape index (κ3) is 6.73. The molecule has 2 unspecified atom stereocenters. The Morgan fingerprint density at radius 2 is 1.91 bits per heavy atom. The molecule has 6 rings (SSSR count). The first kappa shape index (κ1) is 31.5. The van der Waals surface area contributed by atoms with Crippen LogP contribution in [0.25, 0.3) is 0 Å². The maximum atomic E-state index is 13.4. The summed E-state index contributed by atoms with van der Waals surface area (Å²) in [6, 6.07) is 3.49. The second-order valence-corrected chi connectivity index (χ2v) is 13.0. The SMILES string of the molecule is CCC1C(=O)N(C)c2cnc(Nc3ccc(C(=O)NCC(CN4CCN(CC5CC5)CC4)OC)c4c3OCC4)nc2N1C(C)C. The van der Waals surface area contributed by atoms with Crippen molar-refractivity contribution in [2.75, 3.05) is 81.7 Å². The van der Waals surface area contributed by atoms with E-state index in [1.54, 1.807) is 25.3 Å². The monoisotopic (exact) mass is 620 g/mol. The van der Waals surface area contributed by atoms with E-state index < -0.39 is 0 Å². The summed E-state index contributed by atoms with van der Waals surface area (Å²) in [4.78, 5) is 44.5. The van der Waals surface area contributed by atoms with Crippen molar-refractivity contribution in [2.24, 2.45) is 5.92 Å². The van der Waals surface area contributed by atoms with Crippen molar-refractivity contribution in [3.05, 3.63) is 29.5 Å².